The lowest BCUT2D eigenvalue weighted by Crippen LogP contribution is -2.41. The smallest absolute Gasteiger partial charge is 0.251 e. The van der Waals surface area contributed by atoms with E-state index in [-0.39, 0.29) is 23.1 Å². The van der Waals surface area contributed by atoms with Crippen molar-refractivity contribution in [1.82, 2.24) is 10.2 Å². The Bertz CT molecular complexity index is 944. The molecule has 7 heteroatoms. The third-order valence-electron chi connectivity index (χ3n) is 6.43. The largest absolute Gasteiger partial charge is 0.489 e. The minimum atomic E-state index is -0.788. The number of hydrogen-bond donors (Lipinski definition) is 1. The minimum Gasteiger partial charge on any atom is -0.489 e. The van der Waals surface area contributed by atoms with Crippen LogP contribution in [0.4, 0.5) is 8.78 Å². The summed E-state index contributed by atoms with van der Waals surface area (Å²) >= 11 is 6.61. The average Bonchev–Trinajstić information content (AvgIpc) is 3.30. The molecule has 2 fully saturated rings. The average molecular weight is 463 g/mol. The number of carbonyl (C=O) groups is 1. The predicted molar refractivity (Wildman–Crippen MR) is 122 cm³/mol. The van der Waals surface area contributed by atoms with Gasteiger partial charge in [-0.05, 0) is 79.6 Å². The number of nitrogens with zero attached hydrogens (tertiary/aromatic N) is 1. The minimum absolute atomic E-state index is 0.0819. The fraction of sp³-hybridized carbons (Fsp3) is 0.480. The second-order valence-electron chi connectivity index (χ2n) is 8.75. The van der Waals surface area contributed by atoms with Crippen molar-refractivity contribution in [2.45, 2.75) is 51.7 Å². The molecular formula is C25H29ClF2N2O2. The van der Waals surface area contributed by atoms with Crippen LogP contribution in [0.3, 0.4) is 0 Å². The van der Waals surface area contributed by atoms with Crippen molar-refractivity contribution < 1.29 is 18.3 Å². The van der Waals surface area contributed by atoms with Gasteiger partial charge in [-0.2, -0.15) is 0 Å². The summed E-state index contributed by atoms with van der Waals surface area (Å²) in [5.41, 5.74) is 1.96. The molecule has 172 valence electrons. The summed E-state index contributed by atoms with van der Waals surface area (Å²) in [6.45, 7) is 2.09. The molecular weight excluding hydrogens is 434 g/mol. The van der Waals surface area contributed by atoms with E-state index >= 15 is 0 Å². The van der Waals surface area contributed by atoms with Gasteiger partial charge in [0, 0.05) is 18.7 Å². The van der Waals surface area contributed by atoms with Gasteiger partial charge in [-0.25, -0.2) is 8.78 Å². The second-order valence-corrected chi connectivity index (χ2v) is 9.13. The molecule has 0 radical (unpaired) electrons. The molecule has 1 aliphatic carbocycles. The molecule has 2 aromatic rings. The van der Waals surface area contributed by atoms with Gasteiger partial charge in [0.15, 0.2) is 0 Å². The quantitative estimate of drug-likeness (QED) is 0.538. The number of alkyl halides is 2. The zero-order chi connectivity index (χ0) is 22.5. The lowest BCUT2D eigenvalue weighted by molar-refractivity contribution is 0.0617. The van der Waals surface area contributed by atoms with Crippen molar-refractivity contribution in [1.29, 1.82) is 0 Å². The maximum Gasteiger partial charge on any atom is 0.251 e. The lowest BCUT2D eigenvalue weighted by atomic mass is 9.82. The third-order valence-corrected chi connectivity index (χ3v) is 6.86. The van der Waals surface area contributed by atoms with Crippen molar-refractivity contribution in [3.05, 3.63) is 63.7 Å². The molecule has 2 aliphatic rings. The van der Waals surface area contributed by atoms with Crippen LogP contribution in [0, 0.1) is 5.92 Å². The third kappa shape index (κ3) is 5.41. The zero-order valence-corrected chi connectivity index (χ0v) is 18.8. The van der Waals surface area contributed by atoms with Gasteiger partial charge in [0.25, 0.3) is 5.91 Å². The predicted octanol–water partition coefficient (Wildman–Crippen LogP) is 5.46. The number of likely N-dealkylation sites (tertiary alicyclic amines) is 1. The second kappa shape index (κ2) is 10.6. The van der Waals surface area contributed by atoms with Gasteiger partial charge in [0.2, 0.25) is 0 Å². The summed E-state index contributed by atoms with van der Waals surface area (Å²) in [5.74, 6) is 0.774. The Labute approximate surface area is 192 Å². The van der Waals surface area contributed by atoms with Gasteiger partial charge in [-0.1, -0.05) is 29.8 Å². The summed E-state index contributed by atoms with van der Waals surface area (Å²) in [5, 5.41) is 3.58. The van der Waals surface area contributed by atoms with Crippen LogP contribution in [0.15, 0.2) is 36.4 Å². The van der Waals surface area contributed by atoms with E-state index < -0.39 is 13.3 Å². The number of halogens is 3. The summed E-state index contributed by atoms with van der Waals surface area (Å²) in [6.07, 6.45) is 4.24. The van der Waals surface area contributed by atoms with Crippen LogP contribution < -0.4 is 10.1 Å². The number of ether oxygens (including phenoxy) is 1. The number of nitrogens with one attached hydrogen (secondary N) is 1. The highest BCUT2D eigenvalue weighted by molar-refractivity contribution is 6.32. The van der Waals surface area contributed by atoms with E-state index in [4.69, 9.17) is 16.3 Å². The molecule has 2 aromatic carbocycles. The molecule has 32 heavy (non-hydrogen) atoms. The highest BCUT2D eigenvalue weighted by atomic mass is 35.5. The number of benzene rings is 2. The van der Waals surface area contributed by atoms with Crippen molar-refractivity contribution in [3.8, 4) is 5.75 Å². The zero-order valence-electron chi connectivity index (χ0n) is 18.1. The van der Waals surface area contributed by atoms with Gasteiger partial charge >= 0.3 is 0 Å². The number of amides is 1. The van der Waals surface area contributed by atoms with Gasteiger partial charge < -0.3 is 10.1 Å². The molecule has 1 amide bonds. The topological polar surface area (TPSA) is 41.6 Å². The first kappa shape index (κ1) is 23.0. The van der Waals surface area contributed by atoms with Gasteiger partial charge in [0.1, 0.15) is 19.1 Å². The summed E-state index contributed by atoms with van der Waals surface area (Å²) in [6, 6.07) is 10.4. The molecule has 0 aromatic heterocycles. The van der Waals surface area contributed by atoms with Crippen LogP contribution in [0.2, 0.25) is 5.02 Å². The maximum absolute atomic E-state index is 13.0. The van der Waals surface area contributed by atoms with Crippen LogP contribution in [0.1, 0.15) is 52.7 Å². The molecule has 1 saturated heterocycles. The standard InChI is InChI=1S/C25H29ClF2N2O2/c26-24-20(16-30-8-1-2-9-30)4-3-5-23(24)32-22-10-17(11-22)15-29-25(31)18-6-7-19(13-27)21(12-18)14-28/h3-7,12,17,22H,1-2,8-11,13-16H2,(H,29,31). The maximum atomic E-state index is 13.0. The lowest BCUT2D eigenvalue weighted by Gasteiger charge is -2.35. The van der Waals surface area contributed by atoms with E-state index in [0.717, 1.165) is 43.8 Å². The summed E-state index contributed by atoms with van der Waals surface area (Å²) in [7, 11) is 0. The molecule has 0 atom stereocenters. The molecule has 1 N–H and O–H groups in total. The van der Waals surface area contributed by atoms with E-state index in [1.54, 1.807) is 0 Å². The highest BCUT2D eigenvalue weighted by Gasteiger charge is 2.31. The van der Waals surface area contributed by atoms with Crippen molar-refractivity contribution in [2.24, 2.45) is 5.92 Å². The Balaban J connectivity index is 1.24. The van der Waals surface area contributed by atoms with Crippen LogP contribution in [0.5, 0.6) is 5.75 Å². The van der Waals surface area contributed by atoms with Crippen LogP contribution >= 0.6 is 11.6 Å². The molecule has 0 bridgehead atoms. The molecule has 0 unspecified atom stereocenters. The van der Waals surface area contributed by atoms with E-state index in [1.165, 1.54) is 31.0 Å². The van der Waals surface area contributed by atoms with E-state index in [0.29, 0.717) is 23.0 Å². The number of rotatable bonds is 9. The van der Waals surface area contributed by atoms with E-state index in [9.17, 15) is 13.6 Å². The van der Waals surface area contributed by atoms with Gasteiger partial charge in [-0.15, -0.1) is 0 Å². The Kier molecular flexibility index (Phi) is 7.63. The van der Waals surface area contributed by atoms with E-state index in [1.807, 2.05) is 12.1 Å². The van der Waals surface area contributed by atoms with E-state index in [2.05, 4.69) is 16.3 Å². The fourth-order valence-electron chi connectivity index (χ4n) is 4.43. The fourth-order valence-corrected chi connectivity index (χ4v) is 4.66. The summed E-state index contributed by atoms with van der Waals surface area (Å²) < 4.78 is 32.0. The Morgan fingerprint density at radius 1 is 1.06 bits per heavy atom. The monoisotopic (exact) mass is 462 g/mol. The first-order valence-electron chi connectivity index (χ1n) is 11.3. The van der Waals surface area contributed by atoms with Gasteiger partial charge in [0.05, 0.1) is 11.1 Å². The SMILES string of the molecule is O=C(NCC1CC(Oc2cccc(CN3CCCC3)c2Cl)C1)c1ccc(CF)c(CF)c1. The molecule has 1 saturated carbocycles. The Morgan fingerprint density at radius 2 is 1.81 bits per heavy atom. The van der Waals surface area contributed by atoms with Gasteiger partial charge in [-0.3, -0.25) is 9.69 Å². The molecule has 1 aliphatic heterocycles. The Hall–Kier alpha value is -2.18. The van der Waals surface area contributed by atoms with Crippen LogP contribution in [0.25, 0.3) is 0 Å². The van der Waals surface area contributed by atoms with Crippen molar-refractivity contribution in [3.63, 3.8) is 0 Å². The molecule has 4 rings (SSSR count). The molecule has 1 heterocycles. The first-order chi connectivity index (χ1) is 15.6. The normalized spacial score (nSPS) is 20.7. The van der Waals surface area contributed by atoms with Crippen molar-refractivity contribution in [2.75, 3.05) is 19.6 Å². The Morgan fingerprint density at radius 3 is 2.53 bits per heavy atom. The highest BCUT2D eigenvalue weighted by Crippen LogP contribution is 2.36. The number of carbonyl (C=O) groups excluding carboxylic acids is 1. The molecule has 4 nitrogen and oxygen atoms in total. The molecule has 0 spiro atoms. The summed E-state index contributed by atoms with van der Waals surface area (Å²) in [4.78, 5) is 14.8. The van der Waals surface area contributed by atoms with Crippen LogP contribution in [-0.4, -0.2) is 36.5 Å². The van der Waals surface area contributed by atoms with Crippen LogP contribution in [-0.2, 0) is 19.9 Å². The number of hydrogen-bond acceptors (Lipinski definition) is 3. The first-order valence-corrected chi connectivity index (χ1v) is 11.6. The van der Waals surface area contributed by atoms with Crippen molar-refractivity contribution >= 4 is 17.5 Å².